The minimum absolute atomic E-state index is 0.201. The highest BCUT2D eigenvalue weighted by atomic mass is 19.1. The normalized spacial score (nSPS) is 21.0. The quantitative estimate of drug-likeness (QED) is 0.922. The number of hydrogen-bond acceptors (Lipinski definition) is 3. The molecule has 1 aliphatic heterocycles. The van der Waals surface area contributed by atoms with E-state index in [1.807, 2.05) is 36.2 Å². The van der Waals surface area contributed by atoms with Crippen LogP contribution < -0.4 is 9.64 Å². The Morgan fingerprint density at radius 1 is 1.24 bits per heavy atom. The van der Waals surface area contributed by atoms with Crippen molar-refractivity contribution in [1.29, 1.82) is 0 Å². The highest BCUT2D eigenvalue weighted by molar-refractivity contribution is 5.58. The van der Waals surface area contributed by atoms with Crippen molar-refractivity contribution in [2.75, 3.05) is 19.1 Å². The predicted octanol–water partition coefficient (Wildman–Crippen LogP) is 2.93. The fourth-order valence-electron chi connectivity index (χ4n) is 3.08. The number of aliphatic hydroxyl groups excluding tert-OH is 1. The summed E-state index contributed by atoms with van der Waals surface area (Å²) in [5.41, 5.74) is 3.06. The SMILES string of the molecule is COc1cc(C2C(O)Cc3ccccc3N2C)ccc1F. The van der Waals surface area contributed by atoms with Crippen molar-refractivity contribution in [3.8, 4) is 5.75 Å². The molecule has 1 N–H and O–H groups in total. The Labute approximate surface area is 123 Å². The average molecular weight is 287 g/mol. The molecule has 4 heteroatoms. The van der Waals surface area contributed by atoms with Gasteiger partial charge in [0.1, 0.15) is 0 Å². The Morgan fingerprint density at radius 2 is 2.00 bits per heavy atom. The zero-order valence-corrected chi connectivity index (χ0v) is 12.1. The molecule has 3 rings (SSSR count). The molecule has 0 amide bonds. The molecule has 0 saturated carbocycles. The van der Waals surface area contributed by atoms with Crippen LogP contribution in [0.3, 0.4) is 0 Å². The van der Waals surface area contributed by atoms with E-state index in [0.717, 1.165) is 16.8 Å². The number of anilines is 1. The second-order valence-corrected chi connectivity index (χ2v) is 5.35. The highest BCUT2D eigenvalue weighted by Crippen LogP contribution is 2.38. The summed E-state index contributed by atoms with van der Waals surface area (Å²) < 4.78 is 18.6. The van der Waals surface area contributed by atoms with Gasteiger partial charge in [-0.05, 0) is 29.3 Å². The van der Waals surface area contributed by atoms with E-state index >= 15 is 0 Å². The Balaban J connectivity index is 2.03. The number of para-hydroxylation sites is 1. The number of aliphatic hydroxyl groups is 1. The van der Waals surface area contributed by atoms with Crippen LogP contribution in [0.4, 0.5) is 10.1 Å². The number of halogens is 1. The standard InChI is InChI=1S/C17H18FNO2/c1-19-14-6-4-3-5-11(14)9-15(20)17(19)12-7-8-13(18)16(10-12)21-2/h3-8,10,15,17,20H,9H2,1-2H3. The van der Waals surface area contributed by atoms with Gasteiger partial charge in [-0.2, -0.15) is 0 Å². The fourth-order valence-corrected chi connectivity index (χ4v) is 3.08. The van der Waals surface area contributed by atoms with Gasteiger partial charge in [0.15, 0.2) is 11.6 Å². The molecule has 2 unspecified atom stereocenters. The Morgan fingerprint density at radius 3 is 2.76 bits per heavy atom. The van der Waals surface area contributed by atoms with Gasteiger partial charge in [-0.25, -0.2) is 4.39 Å². The lowest BCUT2D eigenvalue weighted by Gasteiger charge is -2.39. The lowest BCUT2D eigenvalue weighted by molar-refractivity contribution is 0.136. The summed E-state index contributed by atoms with van der Waals surface area (Å²) in [5.74, 6) is -0.193. The molecule has 0 saturated heterocycles. The van der Waals surface area contributed by atoms with Gasteiger partial charge in [0.2, 0.25) is 0 Å². The molecule has 0 bridgehead atoms. The maximum Gasteiger partial charge on any atom is 0.165 e. The molecule has 21 heavy (non-hydrogen) atoms. The first kappa shape index (κ1) is 13.9. The van der Waals surface area contributed by atoms with Crippen molar-refractivity contribution >= 4 is 5.69 Å². The molecule has 110 valence electrons. The number of likely N-dealkylation sites (N-methyl/N-ethyl adjacent to an activating group) is 1. The number of ether oxygens (including phenoxy) is 1. The van der Waals surface area contributed by atoms with Crippen LogP contribution in [0.25, 0.3) is 0 Å². The minimum Gasteiger partial charge on any atom is -0.494 e. The molecule has 2 atom stereocenters. The van der Waals surface area contributed by atoms with Crippen molar-refractivity contribution in [2.45, 2.75) is 18.6 Å². The lowest BCUT2D eigenvalue weighted by Crippen LogP contribution is -2.39. The molecule has 0 fully saturated rings. The van der Waals surface area contributed by atoms with Crippen LogP contribution in [0.15, 0.2) is 42.5 Å². The zero-order chi connectivity index (χ0) is 15.0. The van der Waals surface area contributed by atoms with Gasteiger partial charge < -0.3 is 14.7 Å². The van der Waals surface area contributed by atoms with Gasteiger partial charge in [-0.15, -0.1) is 0 Å². The maximum atomic E-state index is 13.6. The number of nitrogens with zero attached hydrogens (tertiary/aromatic N) is 1. The van der Waals surface area contributed by atoms with E-state index in [-0.39, 0.29) is 11.8 Å². The van der Waals surface area contributed by atoms with Gasteiger partial charge in [-0.3, -0.25) is 0 Å². The van der Waals surface area contributed by atoms with Gasteiger partial charge in [0.05, 0.1) is 19.3 Å². The summed E-state index contributed by atoms with van der Waals surface area (Å²) in [4.78, 5) is 2.04. The predicted molar refractivity (Wildman–Crippen MR) is 80.2 cm³/mol. The van der Waals surface area contributed by atoms with Crippen molar-refractivity contribution in [3.63, 3.8) is 0 Å². The summed E-state index contributed by atoms with van der Waals surface area (Å²) >= 11 is 0. The average Bonchev–Trinajstić information content (AvgIpc) is 2.49. The van der Waals surface area contributed by atoms with Crippen LogP contribution in [0, 0.1) is 5.82 Å². The molecular weight excluding hydrogens is 269 g/mol. The number of methoxy groups -OCH3 is 1. The highest BCUT2D eigenvalue weighted by Gasteiger charge is 2.32. The van der Waals surface area contributed by atoms with Gasteiger partial charge in [0.25, 0.3) is 0 Å². The smallest absolute Gasteiger partial charge is 0.165 e. The summed E-state index contributed by atoms with van der Waals surface area (Å²) in [5, 5.41) is 10.5. The molecule has 2 aromatic rings. The first-order valence-corrected chi connectivity index (χ1v) is 6.94. The number of rotatable bonds is 2. The van der Waals surface area contributed by atoms with Gasteiger partial charge >= 0.3 is 0 Å². The first-order valence-electron chi connectivity index (χ1n) is 6.94. The molecule has 3 nitrogen and oxygen atoms in total. The lowest BCUT2D eigenvalue weighted by atomic mass is 9.89. The van der Waals surface area contributed by atoms with Crippen molar-refractivity contribution in [2.24, 2.45) is 0 Å². The van der Waals surface area contributed by atoms with E-state index in [4.69, 9.17) is 4.74 Å². The van der Waals surface area contributed by atoms with E-state index in [1.165, 1.54) is 13.2 Å². The van der Waals surface area contributed by atoms with Gasteiger partial charge in [-0.1, -0.05) is 24.3 Å². The molecule has 0 aromatic heterocycles. The van der Waals surface area contributed by atoms with E-state index < -0.39 is 11.9 Å². The molecule has 1 aliphatic rings. The minimum atomic E-state index is -0.542. The topological polar surface area (TPSA) is 32.7 Å². The molecule has 0 aliphatic carbocycles. The third-order valence-electron chi connectivity index (χ3n) is 4.10. The molecule has 2 aromatic carbocycles. The Hall–Kier alpha value is -2.07. The molecule has 0 spiro atoms. The van der Waals surface area contributed by atoms with Crippen molar-refractivity contribution in [3.05, 3.63) is 59.4 Å². The van der Waals surface area contributed by atoms with Crippen LogP contribution in [0.2, 0.25) is 0 Å². The van der Waals surface area contributed by atoms with Crippen molar-refractivity contribution in [1.82, 2.24) is 0 Å². The molecule has 0 radical (unpaired) electrons. The fraction of sp³-hybridized carbons (Fsp3) is 0.294. The second-order valence-electron chi connectivity index (χ2n) is 5.35. The second kappa shape index (κ2) is 5.37. The van der Waals surface area contributed by atoms with E-state index in [2.05, 4.69) is 0 Å². The van der Waals surface area contributed by atoms with E-state index in [9.17, 15) is 9.50 Å². The Kier molecular flexibility index (Phi) is 3.55. The third-order valence-corrected chi connectivity index (χ3v) is 4.10. The summed E-state index contributed by atoms with van der Waals surface area (Å²) in [6, 6.07) is 12.6. The van der Waals surface area contributed by atoms with Crippen LogP contribution in [0.1, 0.15) is 17.2 Å². The van der Waals surface area contributed by atoms with Crippen LogP contribution in [-0.4, -0.2) is 25.4 Å². The third kappa shape index (κ3) is 2.36. The summed E-state index contributed by atoms with van der Waals surface area (Å²) in [6.45, 7) is 0. The van der Waals surface area contributed by atoms with Crippen LogP contribution >= 0.6 is 0 Å². The van der Waals surface area contributed by atoms with Gasteiger partial charge in [0, 0.05) is 19.2 Å². The maximum absolute atomic E-state index is 13.6. The largest absolute Gasteiger partial charge is 0.494 e. The summed E-state index contributed by atoms with van der Waals surface area (Å²) in [7, 11) is 3.39. The number of benzene rings is 2. The van der Waals surface area contributed by atoms with E-state index in [1.54, 1.807) is 12.1 Å². The Bertz CT molecular complexity index is 659. The van der Waals surface area contributed by atoms with Crippen molar-refractivity contribution < 1.29 is 14.2 Å². The number of hydrogen-bond donors (Lipinski definition) is 1. The van der Waals surface area contributed by atoms with E-state index in [0.29, 0.717) is 6.42 Å². The monoisotopic (exact) mass is 287 g/mol. The summed E-state index contributed by atoms with van der Waals surface area (Å²) in [6.07, 6.45) is 0.0466. The molecule has 1 heterocycles. The zero-order valence-electron chi connectivity index (χ0n) is 12.1. The van der Waals surface area contributed by atoms with Crippen LogP contribution in [0.5, 0.6) is 5.75 Å². The molecular formula is C17H18FNO2. The number of fused-ring (bicyclic) bond motifs is 1. The van der Waals surface area contributed by atoms with Crippen LogP contribution in [-0.2, 0) is 6.42 Å². The first-order chi connectivity index (χ1) is 10.1.